The number of nitrogens with one attached hydrogen (secondary N) is 1. The van der Waals surface area contributed by atoms with Crippen molar-refractivity contribution in [3.63, 3.8) is 0 Å². The summed E-state index contributed by atoms with van der Waals surface area (Å²) in [5.74, 6) is 0.488. The molecule has 116 valence electrons. The van der Waals surface area contributed by atoms with Gasteiger partial charge in [0.25, 0.3) is 5.91 Å². The van der Waals surface area contributed by atoms with E-state index in [1.54, 1.807) is 24.0 Å². The molecule has 1 N–H and O–H groups in total. The second-order valence-corrected chi connectivity index (χ2v) is 5.93. The lowest BCUT2D eigenvalue weighted by atomic mass is 10.1. The third kappa shape index (κ3) is 3.54. The van der Waals surface area contributed by atoms with E-state index in [-0.39, 0.29) is 5.91 Å². The summed E-state index contributed by atoms with van der Waals surface area (Å²) in [6.45, 7) is 3.87. The molecule has 1 aliphatic heterocycles. The highest BCUT2D eigenvalue weighted by molar-refractivity contribution is 5.92. The van der Waals surface area contributed by atoms with Gasteiger partial charge >= 0.3 is 0 Å². The maximum atomic E-state index is 12.1. The highest BCUT2D eigenvalue weighted by Gasteiger charge is 2.23. The SMILES string of the molecule is Cn1nccc1C(=O)NC[C@@H]1CCN(Cc2ccccc2)C1. The van der Waals surface area contributed by atoms with Crippen LogP contribution < -0.4 is 5.32 Å². The lowest BCUT2D eigenvalue weighted by molar-refractivity contribution is 0.0938. The minimum Gasteiger partial charge on any atom is -0.350 e. The van der Waals surface area contributed by atoms with Gasteiger partial charge in [0, 0.05) is 32.9 Å². The topological polar surface area (TPSA) is 50.2 Å². The van der Waals surface area contributed by atoms with Crippen molar-refractivity contribution in [1.82, 2.24) is 20.0 Å². The van der Waals surface area contributed by atoms with Gasteiger partial charge in [-0.2, -0.15) is 5.10 Å². The Morgan fingerprint density at radius 2 is 2.14 bits per heavy atom. The maximum Gasteiger partial charge on any atom is 0.269 e. The van der Waals surface area contributed by atoms with Gasteiger partial charge in [-0.25, -0.2) is 0 Å². The molecular formula is C17H22N4O. The highest BCUT2D eigenvalue weighted by Crippen LogP contribution is 2.18. The van der Waals surface area contributed by atoms with E-state index in [2.05, 4.69) is 39.6 Å². The molecule has 2 heterocycles. The van der Waals surface area contributed by atoms with E-state index in [0.717, 1.165) is 32.6 Å². The average Bonchev–Trinajstić information content (AvgIpc) is 3.15. The number of amides is 1. The Morgan fingerprint density at radius 3 is 2.86 bits per heavy atom. The van der Waals surface area contributed by atoms with E-state index in [1.807, 2.05) is 6.07 Å². The van der Waals surface area contributed by atoms with Crippen LogP contribution in [0.25, 0.3) is 0 Å². The van der Waals surface area contributed by atoms with Crippen LogP contribution >= 0.6 is 0 Å². The Bertz CT molecular complexity index is 623. The number of hydrogen-bond acceptors (Lipinski definition) is 3. The van der Waals surface area contributed by atoms with E-state index >= 15 is 0 Å². The van der Waals surface area contributed by atoms with Crippen LogP contribution in [0.4, 0.5) is 0 Å². The van der Waals surface area contributed by atoms with Gasteiger partial charge < -0.3 is 5.32 Å². The third-order valence-electron chi connectivity index (χ3n) is 4.22. The first-order valence-corrected chi connectivity index (χ1v) is 7.75. The smallest absolute Gasteiger partial charge is 0.269 e. The van der Waals surface area contributed by atoms with Gasteiger partial charge in [-0.1, -0.05) is 30.3 Å². The monoisotopic (exact) mass is 298 g/mol. The summed E-state index contributed by atoms with van der Waals surface area (Å²) in [6, 6.07) is 12.3. The Balaban J connectivity index is 1.45. The molecule has 1 aromatic heterocycles. The number of likely N-dealkylation sites (tertiary alicyclic amines) is 1. The van der Waals surface area contributed by atoms with E-state index in [4.69, 9.17) is 0 Å². The molecule has 2 aromatic rings. The predicted molar refractivity (Wildman–Crippen MR) is 85.4 cm³/mol. The van der Waals surface area contributed by atoms with Crippen molar-refractivity contribution in [2.24, 2.45) is 13.0 Å². The van der Waals surface area contributed by atoms with E-state index < -0.39 is 0 Å². The van der Waals surface area contributed by atoms with Gasteiger partial charge in [0.1, 0.15) is 5.69 Å². The quantitative estimate of drug-likeness (QED) is 0.913. The molecule has 0 radical (unpaired) electrons. The molecule has 22 heavy (non-hydrogen) atoms. The summed E-state index contributed by atoms with van der Waals surface area (Å²) in [5, 5.41) is 7.05. The molecule has 5 nitrogen and oxygen atoms in total. The molecule has 0 aliphatic carbocycles. The lowest BCUT2D eigenvalue weighted by Crippen LogP contribution is -2.32. The van der Waals surface area contributed by atoms with Crippen LogP contribution in [0, 0.1) is 5.92 Å². The van der Waals surface area contributed by atoms with Crippen molar-refractivity contribution < 1.29 is 4.79 Å². The molecule has 0 unspecified atom stereocenters. The predicted octanol–water partition coefficient (Wildman–Crippen LogP) is 1.67. The van der Waals surface area contributed by atoms with Crippen molar-refractivity contribution >= 4 is 5.91 Å². The number of nitrogens with zero attached hydrogens (tertiary/aromatic N) is 3. The van der Waals surface area contributed by atoms with Crippen molar-refractivity contribution in [1.29, 1.82) is 0 Å². The summed E-state index contributed by atoms with van der Waals surface area (Å²) in [4.78, 5) is 14.5. The van der Waals surface area contributed by atoms with Crippen LogP contribution in [0.2, 0.25) is 0 Å². The molecule has 1 aliphatic rings. The van der Waals surface area contributed by atoms with Gasteiger partial charge in [0.05, 0.1) is 0 Å². The fourth-order valence-electron chi connectivity index (χ4n) is 2.99. The second kappa shape index (κ2) is 6.75. The van der Waals surface area contributed by atoms with Gasteiger partial charge in [0.2, 0.25) is 0 Å². The van der Waals surface area contributed by atoms with Crippen LogP contribution in [0.3, 0.4) is 0 Å². The van der Waals surface area contributed by atoms with E-state index in [0.29, 0.717) is 11.6 Å². The minimum atomic E-state index is -0.0403. The van der Waals surface area contributed by atoms with E-state index in [1.165, 1.54) is 5.56 Å². The summed E-state index contributed by atoms with van der Waals surface area (Å²) in [5.41, 5.74) is 1.96. The Hall–Kier alpha value is -2.14. The number of carbonyl (C=O) groups excluding carboxylic acids is 1. The average molecular weight is 298 g/mol. The zero-order valence-corrected chi connectivity index (χ0v) is 12.9. The van der Waals surface area contributed by atoms with Crippen molar-refractivity contribution in [3.05, 3.63) is 53.9 Å². The Labute approximate surface area is 130 Å². The van der Waals surface area contributed by atoms with Crippen LogP contribution in [-0.2, 0) is 13.6 Å². The van der Waals surface area contributed by atoms with Gasteiger partial charge in [0.15, 0.2) is 0 Å². The van der Waals surface area contributed by atoms with E-state index in [9.17, 15) is 4.79 Å². The number of hydrogen-bond donors (Lipinski definition) is 1. The molecular weight excluding hydrogens is 276 g/mol. The molecule has 1 aromatic carbocycles. The highest BCUT2D eigenvalue weighted by atomic mass is 16.2. The third-order valence-corrected chi connectivity index (χ3v) is 4.22. The summed E-state index contributed by atoms with van der Waals surface area (Å²) < 4.78 is 1.60. The fraction of sp³-hybridized carbons (Fsp3) is 0.412. The van der Waals surface area contributed by atoms with Crippen LogP contribution in [0.1, 0.15) is 22.5 Å². The molecule has 1 amide bonds. The number of rotatable bonds is 5. The zero-order valence-electron chi connectivity index (χ0n) is 12.9. The fourth-order valence-corrected chi connectivity index (χ4v) is 2.99. The number of aromatic nitrogens is 2. The molecule has 5 heteroatoms. The Morgan fingerprint density at radius 1 is 1.32 bits per heavy atom. The zero-order chi connectivity index (χ0) is 15.4. The molecule has 3 rings (SSSR count). The molecule has 1 saturated heterocycles. The molecule has 1 fully saturated rings. The van der Waals surface area contributed by atoms with Crippen LogP contribution in [0.5, 0.6) is 0 Å². The standard InChI is InChI=1S/C17H22N4O/c1-20-16(7-9-19-20)17(22)18-11-15-8-10-21(13-15)12-14-5-3-2-4-6-14/h2-7,9,15H,8,10-13H2,1H3,(H,18,22)/t15-/m0/s1. The van der Waals surface area contributed by atoms with Crippen molar-refractivity contribution in [2.45, 2.75) is 13.0 Å². The van der Waals surface area contributed by atoms with Crippen molar-refractivity contribution in [2.75, 3.05) is 19.6 Å². The Kier molecular flexibility index (Phi) is 4.53. The molecule has 0 spiro atoms. The van der Waals surface area contributed by atoms with Crippen LogP contribution in [0.15, 0.2) is 42.6 Å². The molecule has 1 atom stereocenters. The second-order valence-electron chi connectivity index (χ2n) is 5.93. The van der Waals surface area contributed by atoms with Gasteiger partial charge in [-0.05, 0) is 30.5 Å². The number of aryl methyl sites for hydroxylation is 1. The minimum absolute atomic E-state index is 0.0403. The molecule has 0 saturated carbocycles. The van der Waals surface area contributed by atoms with Crippen molar-refractivity contribution in [3.8, 4) is 0 Å². The number of carbonyl (C=O) groups is 1. The van der Waals surface area contributed by atoms with Crippen LogP contribution in [-0.4, -0.2) is 40.2 Å². The van der Waals surface area contributed by atoms with Gasteiger partial charge in [-0.15, -0.1) is 0 Å². The molecule has 0 bridgehead atoms. The first-order chi connectivity index (χ1) is 10.7. The normalized spacial score (nSPS) is 18.5. The lowest BCUT2D eigenvalue weighted by Gasteiger charge is -2.16. The summed E-state index contributed by atoms with van der Waals surface area (Å²) >= 11 is 0. The van der Waals surface area contributed by atoms with Gasteiger partial charge in [-0.3, -0.25) is 14.4 Å². The first-order valence-electron chi connectivity index (χ1n) is 7.75. The number of benzene rings is 1. The maximum absolute atomic E-state index is 12.1. The summed E-state index contributed by atoms with van der Waals surface area (Å²) in [7, 11) is 1.78. The summed E-state index contributed by atoms with van der Waals surface area (Å²) in [6.07, 6.45) is 2.78. The largest absolute Gasteiger partial charge is 0.350 e. The first kappa shape index (κ1) is 14.8.